The maximum absolute atomic E-state index is 12.3. The third-order valence-electron chi connectivity index (χ3n) is 3.33. The van der Waals surface area contributed by atoms with E-state index in [-0.39, 0.29) is 6.04 Å². The molecule has 1 aliphatic rings. The van der Waals surface area contributed by atoms with Crippen molar-refractivity contribution >= 4 is 10.0 Å². The van der Waals surface area contributed by atoms with E-state index in [1.54, 1.807) is 32.2 Å². The Morgan fingerprint density at radius 1 is 1.32 bits per heavy atom. The molecule has 0 atom stereocenters. The van der Waals surface area contributed by atoms with Crippen LogP contribution in [0.2, 0.25) is 0 Å². The lowest BCUT2D eigenvalue weighted by Gasteiger charge is -2.23. The van der Waals surface area contributed by atoms with Crippen LogP contribution in [0.5, 0.6) is 5.75 Å². The van der Waals surface area contributed by atoms with E-state index in [9.17, 15) is 8.42 Å². The molecule has 0 spiro atoms. The largest absolute Gasteiger partial charge is 0.497 e. The van der Waals surface area contributed by atoms with Gasteiger partial charge in [0.05, 0.1) is 12.0 Å². The van der Waals surface area contributed by atoms with Crippen molar-refractivity contribution in [2.24, 2.45) is 0 Å². The van der Waals surface area contributed by atoms with E-state index >= 15 is 0 Å². The normalized spacial score (nSPS) is 17.4. The highest BCUT2D eigenvalue weighted by Gasteiger charge is 2.23. The number of nitrogens with one attached hydrogen (secondary N) is 2. The number of aryl methyl sites for hydroxylation is 1. The van der Waals surface area contributed by atoms with Crippen LogP contribution in [0.1, 0.15) is 18.4 Å². The minimum atomic E-state index is -3.45. The van der Waals surface area contributed by atoms with Crippen molar-refractivity contribution in [2.75, 3.05) is 20.2 Å². The van der Waals surface area contributed by atoms with Crippen molar-refractivity contribution in [1.29, 1.82) is 0 Å². The molecule has 2 rings (SSSR count). The summed E-state index contributed by atoms with van der Waals surface area (Å²) in [5.74, 6) is 0.665. The first-order valence-corrected chi connectivity index (χ1v) is 7.89. The Labute approximate surface area is 114 Å². The maximum Gasteiger partial charge on any atom is 0.241 e. The van der Waals surface area contributed by atoms with Crippen LogP contribution in [0, 0.1) is 6.92 Å². The Morgan fingerprint density at radius 3 is 2.58 bits per heavy atom. The molecule has 0 saturated carbocycles. The first kappa shape index (κ1) is 14.3. The average molecular weight is 284 g/mol. The van der Waals surface area contributed by atoms with Gasteiger partial charge >= 0.3 is 0 Å². The summed E-state index contributed by atoms with van der Waals surface area (Å²) in [6, 6.07) is 5.02. The molecule has 1 fully saturated rings. The molecule has 1 heterocycles. The number of piperidine rings is 1. The van der Waals surface area contributed by atoms with Crippen molar-refractivity contribution in [3.8, 4) is 5.75 Å². The van der Waals surface area contributed by atoms with Crippen LogP contribution in [-0.4, -0.2) is 34.7 Å². The van der Waals surface area contributed by atoms with Crippen molar-refractivity contribution < 1.29 is 13.2 Å². The number of benzene rings is 1. The lowest BCUT2D eigenvalue weighted by atomic mass is 10.1. The smallest absolute Gasteiger partial charge is 0.241 e. The fourth-order valence-corrected chi connectivity index (χ4v) is 3.80. The number of hydrogen-bond donors (Lipinski definition) is 2. The first-order chi connectivity index (χ1) is 9.03. The number of methoxy groups -OCH3 is 1. The van der Waals surface area contributed by atoms with Gasteiger partial charge in [-0.25, -0.2) is 13.1 Å². The summed E-state index contributed by atoms with van der Waals surface area (Å²) in [6.45, 7) is 3.49. The molecular formula is C13H20N2O3S. The van der Waals surface area contributed by atoms with Gasteiger partial charge in [-0.2, -0.15) is 0 Å². The van der Waals surface area contributed by atoms with Gasteiger partial charge in [-0.15, -0.1) is 0 Å². The molecule has 0 bridgehead atoms. The average Bonchev–Trinajstić information content (AvgIpc) is 2.38. The predicted octanol–water partition coefficient (Wildman–Crippen LogP) is 1.03. The lowest BCUT2D eigenvalue weighted by Crippen LogP contribution is -2.42. The molecule has 5 nitrogen and oxygen atoms in total. The van der Waals surface area contributed by atoms with Gasteiger partial charge in [0.1, 0.15) is 5.75 Å². The molecule has 1 aromatic rings. The van der Waals surface area contributed by atoms with Crippen LogP contribution in [-0.2, 0) is 10.0 Å². The molecule has 2 N–H and O–H groups in total. The van der Waals surface area contributed by atoms with Gasteiger partial charge in [-0.3, -0.25) is 0 Å². The quantitative estimate of drug-likeness (QED) is 0.867. The number of ether oxygens (including phenoxy) is 1. The minimum absolute atomic E-state index is 0.0211. The minimum Gasteiger partial charge on any atom is -0.497 e. The molecule has 0 aromatic heterocycles. The second-order valence-electron chi connectivity index (χ2n) is 4.78. The fourth-order valence-electron chi connectivity index (χ4n) is 2.27. The second kappa shape index (κ2) is 5.90. The molecule has 0 aliphatic carbocycles. The Bertz CT molecular complexity index is 537. The molecule has 0 amide bonds. The zero-order valence-electron chi connectivity index (χ0n) is 11.3. The fraction of sp³-hybridized carbons (Fsp3) is 0.538. The van der Waals surface area contributed by atoms with Crippen molar-refractivity contribution in [1.82, 2.24) is 10.0 Å². The summed E-state index contributed by atoms with van der Waals surface area (Å²) >= 11 is 0. The summed E-state index contributed by atoms with van der Waals surface area (Å²) in [6.07, 6.45) is 1.66. The van der Waals surface area contributed by atoms with E-state index in [1.807, 2.05) is 0 Å². The van der Waals surface area contributed by atoms with Gasteiger partial charge in [0.2, 0.25) is 10.0 Å². The molecule has 6 heteroatoms. The summed E-state index contributed by atoms with van der Waals surface area (Å²) < 4.78 is 32.6. The van der Waals surface area contributed by atoms with Crippen molar-refractivity contribution in [3.05, 3.63) is 23.8 Å². The Hall–Kier alpha value is -1.11. The number of hydrogen-bond acceptors (Lipinski definition) is 4. The zero-order chi connectivity index (χ0) is 13.9. The topological polar surface area (TPSA) is 67.4 Å². The van der Waals surface area contributed by atoms with Crippen molar-refractivity contribution in [3.63, 3.8) is 0 Å². The third-order valence-corrected chi connectivity index (χ3v) is 5.01. The van der Waals surface area contributed by atoms with E-state index in [2.05, 4.69) is 10.0 Å². The standard InChI is InChI=1S/C13H20N2O3S/c1-10-9-12(18-2)3-4-13(10)19(16,17)15-11-5-7-14-8-6-11/h3-4,9,11,14-15H,5-8H2,1-2H3. The second-order valence-corrected chi connectivity index (χ2v) is 6.46. The third kappa shape index (κ3) is 3.46. The summed E-state index contributed by atoms with van der Waals surface area (Å²) in [4.78, 5) is 0.326. The van der Waals surface area contributed by atoms with Crippen LogP contribution >= 0.6 is 0 Å². The van der Waals surface area contributed by atoms with E-state index in [1.165, 1.54) is 0 Å². The van der Waals surface area contributed by atoms with E-state index < -0.39 is 10.0 Å². The SMILES string of the molecule is COc1ccc(S(=O)(=O)NC2CCNCC2)c(C)c1. The molecule has 19 heavy (non-hydrogen) atoms. The van der Waals surface area contributed by atoms with E-state index in [0.717, 1.165) is 25.9 Å². The van der Waals surface area contributed by atoms with Crippen molar-refractivity contribution in [2.45, 2.75) is 30.7 Å². The molecule has 106 valence electrons. The van der Waals surface area contributed by atoms with E-state index in [0.29, 0.717) is 16.2 Å². The highest BCUT2D eigenvalue weighted by atomic mass is 32.2. The summed E-state index contributed by atoms with van der Waals surface area (Å²) in [5.41, 5.74) is 0.695. The van der Waals surface area contributed by atoms with Gasteiger partial charge in [0, 0.05) is 6.04 Å². The maximum atomic E-state index is 12.3. The van der Waals surface area contributed by atoms with E-state index in [4.69, 9.17) is 4.74 Å². The van der Waals surface area contributed by atoms with Crippen LogP contribution in [0.4, 0.5) is 0 Å². The highest BCUT2D eigenvalue weighted by Crippen LogP contribution is 2.21. The molecule has 1 aromatic carbocycles. The highest BCUT2D eigenvalue weighted by molar-refractivity contribution is 7.89. The predicted molar refractivity (Wildman–Crippen MR) is 73.9 cm³/mol. The molecular weight excluding hydrogens is 264 g/mol. The first-order valence-electron chi connectivity index (χ1n) is 6.40. The molecule has 0 radical (unpaired) electrons. The molecule has 1 aliphatic heterocycles. The van der Waals surface area contributed by atoms with Crippen LogP contribution in [0.25, 0.3) is 0 Å². The number of rotatable bonds is 4. The zero-order valence-corrected chi connectivity index (χ0v) is 12.1. The Morgan fingerprint density at radius 2 is 2.00 bits per heavy atom. The van der Waals surface area contributed by atoms with Crippen LogP contribution < -0.4 is 14.8 Å². The van der Waals surface area contributed by atoms with Crippen LogP contribution in [0.15, 0.2) is 23.1 Å². The number of sulfonamides is 1. The van der Waals surface area contributed by atoms with Gasteiger partial charge < -0.3 is 10.1 Å². The monoisotopic (exact) mass is 284 g/mol. The summed E-state index contributed by atoms with van der Waals surface area (Å²) in [5, 5.41) is 3.22. The van der Waals surface area contributed by atoms with Gasteiger partial charge in [-0.1, -0.05) is 0 Å². The molecule has 0 unspecified atom stereocenters. The van der Waals surface area contributed by atoms with Gasteiger partial charge in [-0.05, 0) is 56.6 Å². The van der Waals surface area contributed by atoms with Gasteiger partial charge in [0.15, 0.2) is 0 Å². The Kier molecular flexibility index (Phi) is 4.44. The van der Waals surface area contributed by atoms with Gasteiger partial charge in [0.25, 0.3) is 0 Å². The molecule has 1 saturated heterocycles. The Balaban J connectivity index is 2.18. The summed E-state index contributed by atoms with van der Waals surface area (Å²) in [7, 11) is -1.88. The van der Waals surface area contributed by atoms with Crippen LogP contribution in [0.3, 0.4) is 0 Å². The lowest BCUT2D eigenvalue weighted by molar-refractivity contribution is 0.413.